The van der Waals surface area contributed by atoms with Crippen LogP contribution < -0.4 is 0 Å². The molecule has 0 aliphatic carbocycles. The zero-order chi connectivity index (χ0) is 9.80. The highest BCUT2D eigenvalue weighted by Gasteiger charge is 2.03. The number of nitrogens with one attached hydrogen (secondary N) is 1. The number of aromatic amines is 1. The Morgan fingerprint density at radius 1 is 1.50 bits per heavy atom. The van der Waals surface area contributed by atoms with E-state index >= 15 is 0 Å². The quantitative estimate of drug-likeness (QED) is 0.768. The molecule has 0 amide bonds. The summed E-state index contributed by atoms with van der Waals surface area (Å²) in [7, 11) is 0. The van der Waals surface area contributed by atoms with E-state index in [-0.39, 0.29) is 0 Å². The summed E-state index contributed by atoms with van der Waals surface area (Å²) in [6.45, 7) is 0. The van der Waals surface area contributed by atoms with Crippen LogP contribution in [0.1, 0.15) is 11.4 Å². The monoisotopic (exact) mass is 224 g/mol. The van der Waals surface area contributed by atoms with Crippen molar-refractivity contribution in [2.24, 2.45) is 0 Å². The third-order valence-electron chi connectivity index (χ3n) is 1.97. The van der Waals surface area contributed by atoms with Gasteiger partial charge in [0, 0.05) is 18.0 Å². The lowest BCUT2D eigenvalue weighted by atomic mass is 10.3. The second kappa shape index (κ2) is 4.66. The molecule has 0 bridgehead atoms. The van der Waals surface area contributed by atoms with Crippen LogP contribution >= 0.6 is 24.0 Å². The van der Waals surface area contributed by atoms with E-state index in [9.17, 15) is 0 Å². The van der Waals surface area contributed by atoms with E-state index < -0.39 is 0 Å². The van der Waals surface area contributed by atoms with Crippen LogP contribution in [0.25, 0.3) is 11.4 Å². The molecule has 0 radical (unpaired) electrons. The molecule has 0 fully saturated rings. The molecule has 1 N–H and O–H groups in total. The molecule has 0 aliphatic rings. The number of aromatic nitrogens is 2. The van der Waals surface area contributed by atoms with Crippen molar-refractivity contribution in [3.05, 3.63) is 28.7 Å². The van der Waals surface area contributed by atoms with E-state index in [1.807, 2.05) is 18.3 Å². The largest absolute Gasteiger partial charge is 0.360 e. The van der Waals surface area contributed by atoms with Crippen molar-refractivity contribution in [2.75, 3.05) is 5.75 Å². The lowest BCUT2D eigenvalue weighted by Crippen LogP contribution is -1.85. The van der Waals surface area contributed by atoms with Gasteiger partial charge in [-0.2, -0.15) is 12.6 Å². The average Bonchev–Trinajstić information content (AvgIpc) is 2.85. The minimum absolute atomic E-state index is 0.928. The Morgan fingerprint density at radius 2 is 2.43 bits per heavy atom. The van der Waals surface area contributed by atoms with Crippen LogP contribution in [0.2, 0.25) is 0 Å². The molecule has 2 aromatic rings. The second-order valence-corrected chi connectivity index (χ2v) is 4.43. The summed E-state index contributed by atoms with van der Waals surface area (Å²) < 4.78 is 0. The smallest absolute Gasteiger partial charge is 0.0976 e. The first-order chi connectivity index (χ1) is 6.90. The highest BCUT2D eigenvalue weighted by Crippen LogP contribution is 2.20. The number of rotatable bonds is 4. The first-order valence-electron chi connectivity index (χ1n) is 4.59. The lowest BCUT2D eigenvalue weighted by Gasteiger charge is -1.91. The van der Waals surface area contributed by atoms with Crippen molar-refractivity contribution < 1.29 is 0 Å². The van der Waals surface area contributed by atoms with Gasteiger partial charge in [0.2, 0.25) is 0 Å². The van der Waals surface area contributed by atoms with Gasteiger partial charge in [-0.15, -0.1) is 11.3 Å². The summed E-state index contributed by atoms with van der Waals surface area (Å²) in [5.41, 5.74) is 2.15. The van der Waals surface area contributed by atoms with Crippen molar-refractivity contribution in [1.29, 1.82) is 0 Å². The maximum absolute atomic E-state index is 4.54. The molecular weight excluding hydrogens is 212 g/mol. The first kappa shape index (κ1) is 9.80. The molecule has 0 atom stereocenters. The topological polar surface area (TPSA) is 28.7 Å². The van der Waals surface area contributed by atoms with Crippen LogP contribution in [-0.2, 0) is 6.42 Å². The highest BCUT2D eigenvalue weighted by atomic mass is 32.1. The van der Waals surface area contributed by atoms with Crippen LogP contribution in [0.5, 0.6) is 0 Å². The van der Waals surface area contributed by atoms with Crippen molar-refractivity contribution in [2.45, 2.75) is 12.8 Å². The van der Waals surface area contributed by atoms with Gasteiger partial charge >= 0.3 is 0 Å². The fourth-order valence-corrected chi connectivity index (χ4v) is 2.27. The maximum atomic E-state index is 4.54. The number of hydrogen-bond donors (Lipinski definition) is 2. The van der Waals surface area contributed by atoms with Gasteiger partial charge in [-0.1, -0.05) is 0 Å². The molecule has 14 heavy (non-hydrogen) atoms. The number of thiazole rings is 1. The van der Waals surface area contributed by atoms with Crippen molar-refractivity contribution in [1.82, 2.24) is 9.97 Å². The third kappa shape index (κ3) is 2.19. The molecule has 2 aromatic heterocycles. The summed E-state index contributed by atoms with van der Waals surface area (Å²) in [6, 6.07) is 4.03. The zero-order valence-corrected chi connectivity index (χ0v) is 9.44. The summed E-state index contributed by atoms with van der Waals surface area (Å²) in [4.78, 5) is 7.70. The predicted octanol–water partition coefficient (Wildman–Crippen LogP) is 3.00. The third-order valence-corrected chi connectivity index (χ3v) is 3.20. The number of hydrogen-bond acceptors (Lipinski definition) is 3. The Hall–Kier alpha value is -0.740. The van der Waals surface area contributed by atoms with Crippen LogP contribution in [-0.4, -0.2) is 15.7 Å². The molecule has 0 unspecified atom stereocenters. The molecule has 2 nitrogen and oxygen atoms in total. The van der Waals surface area contributed by atoms with Gasteiger partial charge in [0.1, 0.15) is 0 Å². The molecule has 2 heterocycles. The molecule has 4 heteroatoms. The van der Waals surface area contributed by atoms with E-state index in [0.29, 0.717) is 0 Å². The number of nitrogens with zero attached hydrogens (tertiary/aromatic N) is 1. The maximum Gasteiger partial charge on any atom is 0.0976 e. The van der Waals surface area contributed by atoms with Crippen LogP contribution in [0.15, 0.2) is 23.7 Å². The molecule has 74 valence electrons. The predicted molar refractivity (Wildman–Crippen MR) is 64.1 cm³/mol. The Labute approximate surface area is 92.8 Å². The van der Waals surface area contributed by atoms with E-state index in [1.165, 1.54) is 5.01 Å². The van der Waals surface area contributed by atoms with Gasteiger partial charge in [-0.05, 0) is 24.3 Å². The summed E-state index contributed by atoms with van der Waals surface area (Å²) in [5.74, 6) is 0.928. The minimum Gasteiger partial charge on any atom is -0.360 e. The Morgan fingerprint density at radius 3 is 3.14 bits per heavy atom. The highest BCUT2D eigenvalue weighted by molar-refractivity contribution is 7.80. The van der Waals surface area contributed by atoms with Gasteiger partial charge in [0.25, 0.3) is 0 Å². The number of aryl methyl sites for hydroxylation is 1. The normalized spacial score (nSPS) is 10.6. The lowest BCUT2D eigenvalue weighted by molar-refractivity contribution is 0.922. The first-order valence-corrected chi connectivity index (χ1v) is 6.10. The average molecular weight is 224 g/mol. The van der Waals surface area contributed by atoms with Crippen LogP contribution in [0.4, 0.5) is 0 Å². The Bertz CT molecular complexity index is 378. The summed E-state index contributed by atoms with van der Waals surface area (Å²) >= 11 is 5.91. The fourth-order valence-electron chi connectivity index (χ4n) is 1.27. The van der Waals surface area contributed by atoms with Gasteiger partial charge in [-0.25, -0.2) is 4.98 Å². The zero-order valence-electron chi connectivity index (χ0n) is 7.73. The van der Waals surface area contributed by atoms with Crippen LogP contribution in [0.3, 0.4) is 0 Å². The summed E-state index contributed by atoms with van der Waals surface area (Å²) in [5, 5.41) is 3.29. The van der Waals surface area contributed by atoms with Crippen LogP contribution in [0, 0.1) is 0 Å². The van der Waals surface area contributed by atoms with Crippen molar-refractivity contribution in [3.63, 3.8) is 0 Å². The Kier molecular flexibility index (Phi) is 3.26. The molecular formula is C10H12N2S2. The van der Waals surface area contributed by atoms with E-state index in [0.717, 1.165) is 30.0 Å². The van der Waals surface area contributed by atoms with E-state index in [1.54, 1.807) is 11.3 Å². The minimum atomic E-state index is 0.928. The fraction of sp³-hybridized carbons (Fsp3) is 0.300. The molecule has 0 aliphatic heterocycles. The number of thiol groups is 1. The van der Waals surface area contributed by atoms with E-state index in [4.69, 9.17) is 0 Å². The molecule has 0 saturated heterocycles. The standard InChI is InChI=1S/C10H12N2S2/c13-6-2-4-10-12-9(7-14-10)8-3-1-5-11-8/h1,3,5,7,11,13H,2,4,6H2. The van der Waals surface area contributed by atoms with Gasteiger partial charge in [0.05, 0.1) is 16.4 Å². The number of H-pyrrole nitrogens is 1. The SMILES string of the molecule is SCCCc1nc(-c2ccc[nH]2)cs1. The second-order valence-electron chi connectivity index (χ2n) is 3.04. The van der Waals surface area contributed by atoms with Crippen molar-refractivity contribution >= 4 is 24.0 Å². The van der Waals surface area contributed by atoms with E-state index in [2.05, 4.69) is 28.0 Å². The van der Waals surface area contributed by atoms with Gasteiger partial charge in [0.15, 0.2) is 0 Å². The summed E-state index contributed by atoms with van der Waals surface area (Å²) in [6.07, 6.45) is 4.05. The Balaban J connectivity index is 2.10. The van der Waals surface area contributed by atoms with Gasteiger partial charge < -0.3 is 4.98 Å². The van der Waals surface area contributed by atoms with Crippen molar-refractivity contribution in [3.8, 4) is 11.4 Å². The molecule has 0 saturated carbocycles. The van der Waals surface area contributed by atoms with Gasteiger partial charge in [-0.3, -0.25) is 0 Å². The molecule has 0 aromatic carbocycles. The molecule has 0 spiro atoms. The molecule has 2 rings (SSSR count).